The lowest BCUT2D eigenvalue weighted by atomic mass is 10.2. The van der Waals surface area contributed by atoms with Crippen LogP contribution in [0, 0.1) is 0 Å². The number of anilines is 1. The number of benzene rings is 4. The Morgan fingerprint density at radius 3 is 1.92 bits per heavy atom. The molecule has 0 radical (unpaired) electrons. The van der Waals surface area contributed by atoms with E-state index in [1.807, 2.05) is 0 Å². The zero-order valence-electron chi connectivity index (χ0n) is 19.6. The first-order chi connectivity index (χ1) is 18.1. The molecule has 11 heteroatoms. The summed E-state index contributed by atoms with van der Waals surface area (Å²) < 4.78 is 66.1. The van der Waals surface area contributed by atoms with Crippen LogP contribution in [0.15, 0.2) is 109 Å². The topological polar surface area (TPSA) is 59.6 Å². The minimum atomic E-state index is -4.53. The van der Waals surface area contributed by atoms with Crippen LogP contribution in [0.3, 0.4) is 0 Å². The highest BCUT2D eigenvalue weighted by molar-refractivity contribution is 7.80. The van der Waals surface area contributed by atoms with Crippen LogP contribution >= 0.6 is 31.4 Å². The van der Waals surface area contributed by atoms with Crippen molar-refractivity contribution in [2.45, 2.75) is 12.0 Å². The fourth-order valence-electron chi connectivity index (χ4n) is 3.47. The Morgan fingerprint density at radius 1 is 0.816 bits per heavy atom. The van der Waals surface area contributed by atoms with Crippen LogP contribution in [0.2, 0.25) is 5.02 Å². The number of thiocarbonyl (C=S) groups is 1. The number of hydrogen-bond donors (Lipinski definition) is 2. The van der Waals surface area contributed by atoms with E-state index in [0.29, 0.717) is 5.56 Å². The molecule has 1 unspecified atom stereocenters. The Hall–Kier alpha value is -3.52. The van der Waals surface area contributed by atoms with Gasteiger partial charge in [-0.25, -0.2) is 4.57 Å². The van der Waals surface area contributed by atoms with Gasteiger partial charge in [-0.3, -0.25) is 0 Å². The Bertz CT molecular complexity index is 1400. The van der Waals surface area contributed by atoms with E-state index in [9.17, 15) is 17.7 Å². The third-order valence-corrected chi connectivity index (χ3v) is 7.72. The van der Waals surface area contributed by atoms with Gasteiger partial charge in [-0.1, -0.05) is 72.3 Å². The van der Waals surface area contributed by atoms with Crippen LogP contribution in [-0.4, -0.2) is 5.11 Å². The van der Waals surface area contributed by atoms with Crippen molar-refractivity contribution in [2.75, 3.05) is 5.32 Å². The molecule has 0 amide bonds. The van der Waals surface area contributed by atoms with E-state index < -0.39 is 25.1 Å². The van der Waals surface area contributed by atoms with Gasteiger partial charge in [0, 0.05) is 16.3 Å². The molecule has 0 saturated carbocycles. The van der Waals surface area contributed by atoms with Gasteiger partial charge in [0.2, 0.25) is 0 Å². The molecule has 0 saturated heterocycles. The molecule has 4 aromatic carbocycles. The van der Waals surface area contributed by atoms with Crippen molar-refractivity contribution in [3.63, 3.8) is 0 Å². The normalized spacial score (nSPS) is 12.3. The second-order valence-electron chi connectivity index (χ2n) is 7.95. The molecule has 0 aromatic heterocycles. The smallest absolute Gasteiger partial charge is 0.414 e. The summed E-state index contributed by atoms with van der Waals surface area (Å²) in [5.74, 6) is -0.716. The zero-order valence-corrected chi connectivity index (χ0v) is 22.0. The van der Waals surface area contributed by atoms with E-state index in [4.69, 9.17) is 32.9 Å². The molecule has 0 bridgehead atoms. The second-order valence-corrected chi connectivity index (χ2v) is 10.7. The zero-order chi connectivity index (χ0) is 27.2. The van der Waals surface area contributed by atoms with E-state index >= 15 is 0 Å². The Kier molecular flexibility index (Phi) is 8.62. The number of alkyl halides is 3. The maximum Gasteiger partial charge on any atom is 0.457 e. The van der Waals surface area contributed by atoms with Gasteiger partial charge in [0.1, 0.15) is 11.5 Å². The lowest BCUT2D eigenvalue weighted by Crippen LogP contribution is -2.34. The molecule has 0 aliphatic heterocycles. The SMILES string of the molecule is O=P(Oc1ccccc1)(Oc1ccccc1)C(NC(=S)Nc1cccc(C(F)(F)F)c1)c1ccccc1Cl. The Labute approximate surface area is 228 Å². The molecule has 0 fully saturated rings. The van der Waals surface area contributed by atoms with Gasteiger partial charge in [-0.15, -0.1) is 0 Å². The van der Waals surface area contributed by atoms with Gasteiger partial charge in [0.15, 0.2) is 10.9 Å². The lowest BCUT2D eigenvalue weighted by molar-refractivity contribution is -0.137. The van der Waals surface area contributed by atoms with Gasteiger partial charge in [0.05, 0.1) is 5.56 Å². The molecule has 4 aromatic rings. The van der Waals surface area contributed by atoms with Gasteiger partial charge in [0.25, 0.3) is 0 Å². The number of nitrogens with one attached hydrogen (secondary N) is 2. The van der Waals surface area contributed by atoms with E-state index in [2.05, 4.69) is 10.6 Å². The molecule has 1 atom stereocenters. The summed E-state index contributed by atoms with van der Waals surface area (Å²) >= 11 is 11.9. The van der Waals surface area contributed by atoms with Crippen LogP contribution in [0.5, 0.6) is 11.5 Å². The largest absolute Gasteiger partial charge is 0.457 e. The van der Waals surface area contributed by atoms with E-state index in [-0.39, 0.29) is 27.3 Å². The number of halogens is 4. The summed E-state index contributed by atoms with van der Waals surface area (Å²) in [5.41, 5.74) is -0.422. The predicted octanol–water partition coefficient (Wildman–Crippen LogP) is 8.70. The van der Waals surface area contributed by atoms with Crippen LogP contribution in [-0.2, 0) is 10.7 Å². The first kappa shape index (κ1) is 27.5. The standard InChI is InChI=1S/C27H21ClF3N2O3PS/c28-24-17-8-7-16-23(24)25(33-26(38)32-20-11-9-10-19(18-20)27(29,30)31)37(34,35-21-12-3-1-4-13-21)36-22-14-5-2-6-15-22/h1-18,25H,(H2,32,33,38). The predicted molar refractivity (Wildman–Crippen MR) is 147 cm³/mol. The van der Waals surface area contributed by atoms with E-state index in [1.54, 1.807) is 84.9 Å². The molecule has 0 spiro atoms. The maximum absolute atomic E-state index is 14.6. The fraction of sp³-hybridized carbons (Fsp3) is 0.0741. The maximum atomic E-state index is 14.6. The van der Waals surface area contributed by atoms with Crippen molar-refractivity contribution >= 4 is 42.2 Å². The molecule has 0 aliphatic rings. The molecule has 2 N–H and O–H groups in total. The minimum Gasteiger partial charge on any atom is -0.414 e. The van der Waals surface area contributed by atoms with E-state index in [1.165, 1.54) is 12.1 Å². The third-order valence-electron chi connectivity index (χ3n) is 5.18. The van der Waals surface area contributed by atoms with E-state index in [0.717, 1.165) is 12.1 Å². The molecular formula is C27H21ClF3N2O3PS. The molecular weight excluding hydrogens is 556 g/mol. The quantitative estimate of drug-likeness (QED) is 0.162. The minimum absolute atomic E-state index is 0.0815. The van der Waals surface area contributed by atoms with Crippen LogP contribution in [0.25, 0.3) is 0 Å². The highest BCUT2D eigenvalue weighted by Gasteiger charge is 2.42. The second kappa shape index (κ2) is 11.9. The molecule has 0 heterocycles. The number of para-hydroxylation sites is 2. The third kappa shape index (κ3) is 7.07. The van der Waals surface area contributed by atoms with Crippen molar-refractivity contribution in [2.24, 2.45) is 0 Å². The molecule has 0 aliphatic carbocycles. The first-order valence-electron chi connectivity index (χ1n) is 11.2. The summed E-state index contributed by atoms with van der Waals surface area (Å²) in [6.45, 7) is 0. The first-order valence-corrected chi connectivity index (χ1v) is 13.6. The summed E-state index contributed by atoms with van der Waals surface area (Å²) in [6.07, 6.45) is -4.53. The van der Waals surface area contributed by atoms with Crippen LogP contribution < -0.4 is 19.7 Å². The molecule has 196 valence electrons. The summed E-state index contributed by atoms with van der Waals surface area (Å²) in [6, 6.07) is 28.0. The average molecular weight is 577 g/mol. The molecule has 4 rings (SSSR count). The average Bonchev–Trinajstić information content (AvgIpc) is 2.88. The number of rotatable bonds is 8. The number of hydrogen-bond acceptors (Lipinski definition) is 4. The molecule has 38 heavy (non-hydrogen) atoms. The van der Waals surface area contributed by atoms with Crippen molar-refractivity contribution in [3.8, 4) is 11.5 Å². The monoisotopic (exact) mass is 576 g/mol. The Balaban J connectivity index is 1.72. The lowest BCUT2D eigenvalue weighted by Gasteiger charge is -2.30. The van der Waals surface area contributed by atoms with Gasteiger partial charge < -0.3 is 19.7 Å². The van der Waals surface area contributed by atoms with Crippen molar-refractivity contribution in [1.29, 1.82) is 0 Å². The van der Waals surface area contributed by atoms with Gasteiger partial charge >= 0.3 is 13.8 Å². The van der Waals surface area contributed by atoms with Crippen molar-refractivity contribution < 1.29 is 26.8 Å². The van der Waals surface area contributed by atoms with Crippen molar-refractivity contribution in [3.05, 3.63) is 125 Å². The highest BCUT2D eigenvalue weighted by atomic mass is 35.5. The van der Waals surface area contributed by atoms with Crippen molar-refractivity contribution in [1.82, 2.24) is 5.32 Å². The highest BCUT2D eigenvalue weighted by Crippen LogP contribution is 2.59. The summed E-state index contributed by atoms with van der Waals surface area (Å²) in [4.78, 5) is 0. The molecule has 5 nitrogen and oxygen atoms in total. The van der Waals surface area contributed by atoms with Gasteiger partial charge in [-0.05, 0) is 60.7 Å². The van der Waals surface area contributed by atoms with Crippen LogP contribution in [0.1, 0.15) is 16.9 Å². The van der Waals surface area contributed by atoms with Crippen LogP contribution in [0.4, 0.5) is 18.9 Å². The summed E-state index contributed by atoms with van der Waals surface area (Å²) in [7, 11) is -4.22. The van der Waals surface area contributed by atoms with Gasteiger partial charge in [-0.2, -0.15) is 13.2 Å². The summed E-state index contributed by atoms with van der Waals surface area (Å²) in [5, 5.41) is 5.75. The Morgan fingerprint density at radius 2 is 1.37 bits per heavy atom. The fourth-order valence-corrected chi connectivity index (χ4v) is 6.05.